The number of benzene rings is 2. The number of aromatic hydroxyl groups is 1. The lowest BCUT2D eigenvalue weighted by molar-refractivity contribution is 0.0950. The second-order valence-electron chi connectivity index (χ2n) is 4.42. The van der Waals surface area contributed by atoms with Crippen molar-refractivity contribution in [2.45, 2.75) is 11.4 Å². The Bertz CT molecular complexity index is 755. The summed E-state index contributed by atoms with van der Waals surface area (Å²) in [6.45, 7) is 0.236. The average Bonchev–Trinajstić information content (AvgIpc) is 2.44. The summed E-state index contributed by atoms with van der Waals surface area (Å²) in [5, 5.41) is 17.0. The molecule has 7 heteroatoms. The van der Waals surface area contributed by atoms with Crippen LogP contribution in [0.4, 0.5) is 0 Å². The molecule has 6 nitrogen and oxygen atoms in total. The zero-order chi connectivity index (χ0) is 15.5. The molecule has 1 amide bonds. The molecule has 110 valence electrons. The average molecular weight is 306 g/mol. The molecule has 0 saturated heterocycles. The summed E-state index contributed by atoms with van der Waals surface area (Å²) in [6.07, 6.45) is 0. The summed E-state index contributed by atoms with van der Waals surface area (Å²) < 4.78 is 22.2. The minimum Gasteiger partial charge on any atom is -0.508 e. The van der Waals surface area contributed by atoms with Crippen molar-refractivity contribution in [2.75, 3.05) is 0 Å². The van der Waals surface area contributed by atoms with E-state index >= 15 is 0 Å². The Hall–Kier alpha value is -2.38. The van der Waals surface area contributed by atoms with Crippen LogP contribution >= 0.6 is 0 Å². The lowest BCUT2D eigenvalue weighted by atomic mass is 10.2. The van der Waals surface area contributed by atoms with Gasteiger partial charge in [-0.3, -0.25) is 4.79 Å². The summed E-state index contributed by atoms with van der Waals surface area (Å²) in [5.41, 5.74) is 1.08. The molecule has 0 heterocycles. The zero-order valence-electron chi connectivity index (χ0n) is 11.0. The van der Waals surface area contributed by atoms with Gasteiger partial charge < -0.3 is 10.4 Å². The van der Waals surface area contributed by atoms with Crippen LogP contribution in [0.5, 0.6) is 5.75 Å². The van der Waals surface area contributed by atoms with E-state index in [9.17, 15) is 18.3 Å². The maximum Gasteiger partial charge on any atom is 0.251 e. The van der Waals surface area contributed by atoms with Crippen LogP contribution < -0.4 is 10.5 Å². The van der Waals surface area contributed by atoms with Gasteiger partial charge in [-0.2, -0.15) is 0 Å². The van der Waals surface area contributed by atoms with Crippen LogP contribution in [0.2, 0.25) is 0 Å². The number of primary sulfonamides is 1. The van der Waals surface area contributed by atoms with E-state index in [1.807, 2.05) is 0 Å². The highest BCUT2D eigenvalue weighted by Crippen LogP contribution is 2.11. The predicted molar refractivity (Wildman–Crippen MR) is 77.1 cm³/mol. The van der Waals surface area contributed by atoms with Crippen molar-refractivity contribution in [2.24, 2.45) is 5.14 Å². The first kappa shape index (κ1) is 15.0. The normalized spacial score (nSPS) is 11.1. The Labute approximate surface area is 122 Å². The fourth-order valence-corrected chi connectivity index (χ4v) is 2.24. The van der Waals surface area contributed by atoms with Crippen molar-refractivity contribution in [1.29, 1.82) is 0 Å². The number of nitrogens with two attached hydrogens (primary N) is 1. The van der Waals surface area contributed by atoms with E-state index in [2.05, 4.69) is 5.32 Å². The number of phenols is 1. The first-order chi connectivity index (χ1) is 9.86. The molecule has 4 N–H and O–H groups in total. The van der Waals surface area contributed by atoms with Crippen LogP contribution in [0.15, 0.2) is 53.4 Å². The number of phenolic OH excluding ortho intramolecular Hbond substituents is 1. The summed E-state index contributed by atoms with van der Waals surface area (Å²) >= 11 is 0. The fourth-order valence-electron chi connectivity index (χ4n) is 1.73. The summed E-state index contributed by atoms with van der Waals surface area (Å²) in [4.78, 5) is 11.9. The second-order valence-corrected chi connectivity index (χ2v) is 5.98. The largest absolute Gasteiger partial charge is 0.508 e. The molecular formula is C14H14N2O4S. The predicted octanol–water partition coefficient (Wildman–Crippen LogP) is 0.970. The number of hydrogen-bond acceptors (Lipinski definition) is 4. The molecule has 0 atom stereocenters. The summed E-state index contributed by atoms with van der Waals surface area (Å²) in [7, 11) is -3.71. The topological polar surface area (TPSA) is 109 Å². The third-order valence-electron chi connectivity index (χ3n) is 2.81. The van der Waals surface area contributed by atoms with Crippen molar-refractivity contribution in [1.82, 2.24) is 5.32 Å². The number of rotatable bonds is 4. The first-order valence-electron chi connectivity index (χ1n) is 6.05. The van der Waals surface area contributed by atoms with E-state index in [1.54, 1.807) is 24.3 Å². The van der Waals surface area contributed by atoms with E-state index in [0.29, 0.717) is 5.56 Å². The third-order valence-corrected chi connectivity index (χ3v) is 3.74. The van der Waals surface area contributed by atoms with Gasteiger partial charge in [0.15, 0.2) is 0 Å². The van der Waals surface area contributed by atoms with E-state index in [0.717, 1.165) is 5.56 Å². The summed E-state index contributed by atoms with van der Waals surface area (Å²) in [5.74, 6) is -0.318. The smallest absolute Gasteiger partial charge is 0.251 e. The highest BCUT2D eigenvalue weighted by Gasteiger charge is 2.08. The molecule has 2 aromatic carbocycles. The monoisotopic (exact) mass is 306 g/mol. The van der Waals surface area contributed by atoms with Crippen molar-refractivity contribution in [3.05, 3.63) is 59.7 Å². The molecule has 0 spiro atoms. The number of nitrogens with one attached hydrogen (secondary N) is 1. The summed E-state index contributed by atoms with van der Waals surface area (Å²) in [6, 6.07) is 11.9. The van der Waals surface area contributed by atoms with Gasteiger partial charge in [-0.05, 0) is 35.9 Å². The minimum absolute atomic E-state index is 0.0140. The molecule has 0 saturated carbocycles. The molecule has 0 aliphatic heterocycles. The van der Waals surface area contributed by atoms with Crippen LogP contribution in [-0.2, 0) is 16.6 Å². The molecule has 21 heavy (non-hydrogen) atoms. The molecule has 0 aromatic heterocycles. The van der Waals surface area contributed by atoms with Gasteiger partial charge in [-0.25, -0.2) is 13.6 Å². The van der Waals surface area contributed by atoms with Crippen LogP contribution in [0.3, 0.4) is 0 Å². The van der Waals surface area contributed by atoms with Crippen molar-refractivity contribution in [3.8, 4) is 5.75 Å². The van der Waals surface area contributed by atoms with Gasteiger partial charge >= 0.3 is 0 Å². The first-order valence-corrected chi connectivity index (χ1v) is 7.60. The highest BCUT2D eigenvalue weighted by molar-refractivity contribution is 7.89. The van der Waals surface area contributed by atoms with Gasteiger partial charge in [-0.1, -0.05) is 18.2 Å². The van der Waals surface area contributed by atoms with Crippen molar-refractivity contribution in [3.63, 3.8) is 0 Å². The molecule has 0 fully saturated rings. The minimum atomic E-state index is -3.71. The maximum atomic E-state index is 11.9. The zero-order valence-corrected chi connectivity index (χ0v) is 11.8. The Kier molecular flexibility index (Phi) is 4.25. The molecular weight excluding hydrogens is 292 g/mol. The van der Waals surface area contributed by atoms with Crippen LogP contribution in [0.25, 0.3) is 0 Å². The number of carbonyl (C=O) groups excluding carboxylic acids is 1. The second kappa shape index (κ2) is 5.94. The van der Waals surface area contributed by atoms with Crippen LogP contribution in [0, 0.1) is 0 Å². The molecule has 0 radical (unpaired) electrons. The van der Waals surface area contributed by atoms with Gasteiger partial charge in [-0.15, -0.1) is 0 Å². The fraction of sp³-hybridized carbons (Fsp3) is 0.0714. The van der Waals surface area contributed by atoms with E-state index < -0.39 is 10.0 Å². The lowest BCUT2D eigenvalue weighted by Crippen LogP contribution is -2.22. The Morgan fingerprint density at radius 3 is 2.38 bits per heavy atom. The molecule has 0 aliphatic rings. The standard InChI is InChI=1S/C14H14N2O4S/c15-21(19,20)13-6-4-10(5-7-13)9-16-14(18)11-2-1-3-12(17)8-11/h1-8,17H,9H2,(H,16,18)(H2,15,19,20). The third kappa shape index (κ3) is 4.04. The maximum absolute atomic E-state index is 11.9. The van der Waals surface area contributed by atoms with E-state index in [-0.39, 0.29) is 23.1 Å². The number of amides is 1. The van der Waals surface area contributed by atoms with Gasteiger partial charge in [0.25, 0.3) is 5.91 Å². The van der Waals surface area contributed by atoms with Crippen molar-refractivity contribution >= 4 is 15.9 Å². The van der Waals surface area contributed by atoms with Gasteiger partial charge in [0.05, 0.1) is 4.90 Å². The van der Waals surface area contributed by atoms with Gasteiger partial charge in [0.2, 0.25) is 10.0 Å². The molecule has 2 aromatic rings. The van der Waals surface area contributed by atoms with E-state index in [4.69, 9.17) is 5.14 Å². The number of sulfonamides is 1. The van der Waals surface area contributed by atoms with Crippen LogP contribution in [0.1, 0.15) is 15.9 Å². The van der Waals surface area contributed by atoms with Crippen molar-refractivity contribution < 1.29 is 18.3 Å². The highest BCUT2D eigenvalue weighted by atomic mass is 32.2. The molecule has 0 aliphatic carbocycles. The van der Waals surface area contributed by atoms with Gasteiger partial charge in [0.1, 0.15) is 5.75 Å². The van der Waals surface area contributed by atoms with Crippen LogP contribution in [-0.4, -0.2) is 19.4 Å². The Morgan fingerprint density at radius 1 is 1.14 bits per heavy atom. The number of carbonyl (C=O) groups is 1. The SMILES string of the molecule is NS(=O)(=O)c1ccc(CNC(=O)c2cccc(O)c2)cc1. The van der Waals surface area contributed by atoms with E-state index in [1.165, 1.54) is 24.3 Å². The lowest BCUT2D eigenvalue weighted by Gasteiger charge is -2.06. The van der Waals surface area contributed by atoms with Gasteiger partial charge in [0, 0.05) is 12.1 Å². The Morgan fingerprint density at radius 2 is 1.81 bits per heavy atom. The molecule has 2 rings (SSSR count). The molecule has 0 bridgehead atoms. The quantitative estimate of drug-likeness (QED) is 0.781. The molecule has 0 unspecified atom stereocenters. The Balaban J connectivity index is 2.02. The number of hydrogen-bond donors (Lipinski definition) is 3.